The zero-order valence-corrected chi connectivity index (χ0v) is 11.0. The van der Waals surface area contributed by atoms with Gasteiger partial charge in [-0.1, -0.05) is 6.92 Å². The van der Waals surface area contributed by atoms with Crippen LogP contribution in [0.15, 0.2) is 30.3 Å². The molecule has 0 fully saturated rings. The molecule has 0 atom stereocenters. The lowest BCUT2D eigenvalue weighted by atomic mass is 10.1. The number of hydrogen-bond donors (Lipinski definition) is 2. The molecule has 0 aliphatic carbocycles. The van der Waals surface area contributed by atoms with Crippen LogP contribution in [0.4, 0.5) is 5.95 Å². The number of nitrogen functional groups attached to an aromatic ring is 1. The number of hydrogen-bond acceptors (Lipinski definition) is 5. The highest BCUT2D eigenvalue weighted by molar-refractivity contribution is 5.87. The van der Waals surface area contributed by atoms with Gasteiger partial charge < -0.3 is 15.6 Å². The Morgan fingerprint density at radius 2 is 2.00 bits per heavy atom. The third kappa shape index (κ3) is 3.23. The van der Waals surface area contributed by atoms with E-state index in [1.165, 1.54) is 6.07 Å². The van der Waals surface area contributed by atoms with Crippen molar-refractivity contribution in [3.63, 3.8) is 0 Å². The largest absolute Gasteiger partial charge is 0.494 e. The quantitative estimate of drug-likeness (QED) is 0.866. The predicted molar refractivity (Wildman–Crippen MR) is 74.6 cm³/mol. The van der Waals surface area contributed by atoms with Gasteiger partial charge in [-0.15, -0.1) is 0 Å². The topological polar surface area (TPSA) is 98.3 Å². The van der Waals surface area contributed by atoms with Crippen molar-refractivity contribution in [3.05, 3.63) is 36.0 Å². The summed E-state index contributed by atoms with van der Waals surface area (Å²) in [6, 6.07) is 8.62. The van der Waals surface area contributed by atoms with Gasteiger partial charge in [0.25, 0.3) is 0 Å². The van der Waals surface area contributed by atoms with Gasteiger partial charge >= 0.3 is 5.97 Å². The molecule has 6 heteroatoms. The Balaban J connectivity index is 2.29. The summed E-state index contributed by atoms with van der Waals surface area (Å²) in [4.78, 5) is 18.6. The number of carboxylic acid groups (broad SMARTS) is 1. The van der Waals surface area contributed by atoms with E-state index in [1.54, 1.807) is 12.1 Å². The number of rotatable bonds is 5. The van der Waals surface area contributed by atoms with E-state index in [1.807, 2.05) is 19.1 Å². The maximum Gasteiger partial charge on any atom is 0.354 e. The number of aromatic carboxylic acids is 1. The zero-order chi connectivity index (χ0) is 14.5. The average Bonchev–Trinajstić information content (AvgIpc) is 2.45. The molecule has 0 amide bonds. The van der Waals surface area contributed by atoms with Crippen LogP contribution >= 0.6 is 0 Å². The van der Waals surface area contributed by atoms with Gasteiger partial charge in [-0.2, -0.15) is 0 Å². The number of aromatic nitrogens is 2. The number of ether oxygens (including phenoxy) is 1. The maximum atomic E-state index is 10.9. The Labute approximate surface area is 116 Å². The number of carbonyl (C=O) groups is 1. The van der Waals surface area contributed by atoms with Gasteiger partial charge in [0.15, 0.2) is 5.69 Å². The molecule has 1 aromatic carbocycles. The fourth-order valence-electron chi connectivity index (χ4n) is 1.67. The molecule has 20 heavy (non-hydrogen) atoms. The average molecular weight is 273 g/mol. The second-order valence-corrected chi connectivity index (χ2v) is 4.17. The minimum atomic E-state index is -1.14. The Morgan fingerprint density at radius 1 is 1.30 bits per heavy atom. The van der Waals surface area contributed by atoms with Crippen LogP contribution in [0.1, 0.15) is 23.8 Å². The van der Waals surface area contributed by atoms with Gasteiger partial charge in [0.05, 0.1) is 12.3 Å². The van der Waals surface area contributed by atoms with Gasteiger partial charge in [0, 0.05) is 5.56 Å². The predicted octanol–water partition coefficient (Wildman–Crippen LogP) is 2.21. The molecule has 0 unspecified atom stereocenters. The van der Waals surface area contributed by atoms with E-state index in [2.05, 4.69) is 9.97 Å². The molecule has 0 spiro atoms. The molecule has 0 saturated carbocycles. The molecule has 0 saturated heterocycles. The Hall–Kier alpha value is -2.63. The van der Waals surface area contributed by atoms with E-state index < -0.39 is 5.97 Å². The van der Waals surface area contributed by atoms with Crippen LogP contribution in [0.2, 0.25) is 0 Å². The molecular weight excluding hydrogens is 258 g/mol. The third-order valence-corrected chi connectivity index (χ3v) is 2.59. The zero-order valence-electron chi connectivity index (χ0n) is 11.0. The van der Waals surface area contributed by atoms with Crippen LogP contribution in [-0.2, 0) is 0 Å². The van der Waals surface area contributed by atoms with Crippen molar-refractivity contribution in [1.82, 2.24) is 9.97 Å². The SMILES string of the molecule is CCCOc1ccc(-c2cc(C(=O)O)nc(N)n2)cc1. The molecule has 6 nitrogen and oxygen atoms in total. The molecule has 1 heterocycles. The standard InChI is InChI=1S/C14H15N3O3/c1-2-7-20-10-5-3-9(4-6-10)11-8-12(13(18)19)17-14(15)16-11/h3-6,8H,2,7H2,1H3,(H,18,19)(H2,15,16,17). The van der Waals surface area contributed by atoms with Crippen LogP contribution in [0.25, 0.3) is 11.3 Å². The van der Waals surface area contributed by atoms with Gasteiger partial charge in [-0.25, -0.2) is 14.8 Å². The number of benzene rings is 1. The summed E-state index contributed by atoms with van der Waals surface area (Å²) >= 11 is 0. The first-order valence-electron chi connectivity index (χ1n) is 6.21. The highest BCUT2D eigenvalue weighted by Gasteiger charge is 2.10. The number of nitrogens with two attached hydrogens (primary N) is 1. The van der Waals surface area contributed by atoms with E-state index >= 15 is 0 Å². The minimum absolute atomic E-state index is 0.0637. The molecule has 3 N–H and O–H groups in total. The summed E-state index contributed by atoms with van der Waals surface area (Å²) in [5.74, 6) is -0.439. The van der Waals surface area contributed by atoms with E-state index in [0.717, 1.165) is 17.7 Å². The molecule has 104 valence electrons. The van der Waals surface area contributed by atoms with Crippen molar-refractivity contribution in [2.75, 3.05) is 12.3 Å². The van der Waals surface area contributed by atoms with Gasteiger partial charge in [-0.3, -0.25) is 0 Å². The molecule has 0 aliphatic rings. The van der Waals surface area contributed by atoms with E-state index in [4.69, 9.17) is 15.6 Å². The van der Waals surface area contributed by atoms with Crippen molar-refractivity contribution in [2.45, 2.75) is 13.3 Å². The summed E-state index contributed by atoms with van der Waals surface area (Å²) in [6.07, 6.45) is 0.937. The first kappa shape index (κ1) is 13.8. The molecule has 0 bridgehead atoms. The molecule has 0 aliphatic heterocycles. The normalized spacial score (nSPS) is 10.2. The number of carboxylic acids is 1. The molecular formula is C14H15N3O3. The second kappa shape index (κ2) is 6.01. The summed E-state index contributed by atoms with van der Waals surface area (Å²) in [6.45, 7) is 2.69. The molecule has 2 rings (SSSR count). The lowest BCUT2D eigenvalue weighted by Gasteiger charge is -2.06. The first-order chi connectivity index (χ1) is 9.60. The smallest absolute Gasteiger partial charge is 0.354 e. The van der Waals surface area contributed by atoms with E-state index in [0.29, 0.717) is 12.3 Å². The fraction of sp³-hybridized carbons (Fsp3) is 0.214. The van der Waals surface area contributed by atoms with Gasteiger partial charge in [0.1, 0.15) is 5.75 Å². The van der Waals surface area contributed by atoms with Gasteiger partial charge in [-0.05, 0) is 36.8 Å². The van der Waals surface area contributed by atoms with Crippen molar-refractivity contribution in [2.24, 2.45) is 0 Å². The van der Waals surface area contributed by atoms with Crippen molar-refractivity contribution in [1.29, 1.82) is 0 Å². The monoisotopic (exact) mass is 273 g/mol. The van der Waals surface area contributed by atoms with Crippen LogP contribution in [0.5, 0.6) is 5.75 Å². The molecule has 1 aromatic heterocycles. The van der Waals surface area contributed by atoms with Crippen LogP contribution in [0.3, 0.4) is 0 Å². The van der Waals surface area contributed by atoms with Crippen LogP contribution in [0, 0.1) is 0 Å². The van der Waals surface area contributed by atoms with Crippen LogP contribution < -0.4 is 10.5 Å². The second-order valence-electron chi connectivity index (χ2n) is 4.17. The molecule has 0 radical (unpaired) electrons. The lowest BCUT2D eigenvalue weighted by Crippen LogP contribution is -2.06. The summed E-state index contributed by atoms with van der Waals surface area (Å²) in [5.41, 5.74) is 6.62. The third-order valence-electron chi connectivity index (χ3n) is 2.59. The van der Waals surface area contributed by atoms with Crippen molar-refractivity contribution >= 4 is 11.9 Å². The number of anilines is 1. The fourth-order valence-corrected chi connectivity index (χ4v) is 1.67. The summed E-state index contributed by atoms with van der Waals surface area (Å²) < 4.78 is 5.48. The van der Waals surface area contributed by atoms with Crippen LogP contribution in [-0.4, -0.2) is 27.7 Å². The lowest BCUT2D eigenvalue weighted by molar-refractivity contribution is 0.0690. The van der Waals surface area contributed by atoms with Gasteiger partial charge in [0.2, 0.25) is 5.95 Å². The summed E-state index contributed by atoms with van der Waals surface area (Å²) in [7, 11) is 0. The van der Waals surface area contributed by atoms with E-state index in [-0.39, 0.29) is 11.6 Å². The first-order valence-corrected chi connectivity index (χ1v) is 6.21. The summed E-state index contributed by atoms with van der Waals surface area (Å²) in [5, 5.41) is 8.96. The maximum absolute atomic E-state index is 10.9. The van der Waals surface area contributed by atoms with Crippen molar-refractivity contribution < 1.29 is 14.6 Å². The Kier molecular flexibility index (Phi) is 4.14. The highest BCUT2D eigenvalue weighted by atomic mass is 16.5. The Morgan fingerprint density at radius 3 is 2.60 bits per heavy atom. The minimum Gasteiger partial charge on any atom is -0.494 e. The van der Waals surface area contributed by atoms with Crippen molar-refractivity contribution in [3.8, 4) is 17.0 Å². The Bertz CT molecular complexity index is 612. The highest BCUT2D eigenvalue weighted by Crippen LogP contribution is 2.22. The molecule has 2 aromatic rings. The number of nitrogens with zero attached hydrogens (tertiary/aromatic N) is 2. The van der Waals surface area contributed by atoms with E-state index in [9.17, 15) is 4.79 Å².